The second kappa shape index (κ2) is 9.53. The van der Waals surface area contributed by atoms with Gasteiger partial charge in [-0.05, 0) is 53.6 Å². The molecular weight excluding hydrogens is 459 g/mol. The maximum absolute atomic E-state index is 12.0. The van der Waals surface area contributed by atoms with E-state index in [0.29, 0.717) is 5.69 Å². The van der Waals surface area contributed by atoms with Crippen LogP contribution in [-0.4, -0.2) is 13.0 Å². The van der Waals surface area contributed by atoms with Gasteiger partial charge in [0.05, 0.1) is 16.3 Å². The van der Waals surface area contributed by atoms with Gasteiger partial charge >= 0.3 is 51.4 Å². The molecule has 0 fully saturated rings. The molecule has 0 saturated heterocycles. The van der Waals surface area contributed by atoms with Gasteiger partial charge in [-0.1, -0.05) is 45.9 Å². The molecule has 0 atom stereocenters. The van der Waals surface area contributed by atoms with Crippen LogP contribution in [0.1, 0.15) is 0 Å². The number of halogens is 1. The van der Waals surface area contributed by atoms with Crippen LogP contribution >= 0.6 is 15.9 Å². The molecule has 6 nitrogen and oxygen atoms in total. The summed E-state index contributed by atoms with van der Waals surface area (Å²) >= 11 is 3.38. The van der Waals surface area contributed by atoms with Crippen molar-refractivity contribution in [3.63, 3.8) is 0 Å². The van der Waals surface area contributed by atoms with E-state index in [4.69, 9.17) is 4.55 Å². The minimum atomic E-state index is -4.26. The molecule has 3 rings (SSSR count). The SMILES string of the molecule is O=S(=O)(O)c1ccc(N=Nc2cc(-c3ccc(Br)cc3)ccc2[O-])cc1.[K+]. The number of nitrogens with zero attached hydrogens (tertiary/aromatic N) is 2. The first-order chi connectivity index (χ1) is 12.3. The first-order valence-corrected chi connectivity index (χ1v) is 9.62. The summed E-state index contributed by atoms with van der Waals surface area (Å²) < 4.78 is 31.9. The van der Waals surface area contributed by atoms with Crippen molar-refractivity contribution in [3.05, 3.63) is 71.2 Å². The Morgan fingerprint density at radius 2 is 1.44 bits per heavy atom. The van der Waals surface area contributed by atoms with E-state index in [2.05, 4.69) is 26.2 Å². The van der Waals surface area contributed by atoms with E-state index in [-0.39, 0.29) is 67.7 Å². The zero-order chi connectivity index (χ0) is 18.7. The number of rotatable bonds is 4. The summed E-state index contributed by atoms with van der Waals surface area (Å²) in [5.41, 5.74) is 2.28. The zero-order valence-electron chi connectivity index (χ0n) is 14.2. The molecule has 9 heteroatoms. The fraction of sp³-hybridized carbons (Fsp3) is 0. The molecule has 0 aliphatic carbocycles. The predicted molar refractivity (Wildman–Crippen MR) is 99.5 cm³/mol. The van der Waals surface area contributed by atoms with Crippen molar-refractivity contribution in [2.75, 3.05) is 0 Å². The molecule has 132 valence electrons. The van der Waals surface area contributed by atoms with Crippen molar-refractivity contribution < 1.29 is 69.5 Å². The van der Waals surface area contributed by atoms with Gasteiger partial charge in [-0.3, -0.25) is 4.55 Å². The molecule has 27 heavy (non-hydrogen) atoms. The van der Waals surface area contributed by atoms with Crippen LogP contribution in [0, 0.1) is 0 Å². The Balaban J connectivity index is 0.00000261. The minimum Gasteiger partial charge on any atom is -0.871 e. The summed E-state index contributed by atoms with van der Waals surface area (Å²) in [6.07, 6.45) is 0. The minimum absolute atomic E-state index is 0. The Kier molecular flexibility index (Phi) is 7.90. The van der Waals surface area contributed by atoms with Gasteiger partial charge in [0, 0.05) is 4.47 Å². The largest absolute Gasteiger partial charge is 1.00 e. The predicted octanol–water partition coefficient (Wildman–Crippen LogP) is 1.86. The zero-order valence-corrected chi connectivity index (χ0v) is 19.7. The topological polar surface area (TPSA) is 102 Å². The van der Waals surface area contributed by atoms with Gasteiger partial charge in [0.1, 0.15) is 0 Å². The molecule has 0 aromatic heterocycles. The van der Waals surface area contributed by atoms with Crippen molar-refractivity contribution in [1.82, 2.24) is 0 Å². The van der Waals surface area contributed by atoms with E-state index in [1.54, 1.807) is 12.1 Å². The Morgan fingerprint density at radius 3 is 2.04 bits per heavy atom. The fourth-order valence-corrected chi connectivity index (χ4v) is 2.96. The van der Waals surface area contributed by atoms with Gasteiger partial charge in [-0.2, -0.15) is 18.6 Å². The summed E-state index contributed by atoms with van der Waals surface area (Å²) in [7, 11) is -4.26. The third-order valence-corrected chi connectivity index (χ3v) is 4.94. The fourth-order valence-electron chi connectivity index (χ4n) is 2.21. The monoisotopic (exact) mass is 470 g/mol. The maximum Gasteiger partial charge on any atom is 1.00 e. The van der Waals surface area contributed by atoms with Gasteiger partial charge < -0.3 is 5.11 Å². The Labute approximate surface area is 207 Å². The molecule has 0 radical (unpaired) electrons. The van der Waals surface area contributed by atoms with Crippen molar-refractivity contribution in [3.8, 4) is 16.9 Å². The van der Waals surface area contributed by atoms with Crippen molar-refractivity contribution in [2.45, 2.75) is 4.90 Å². The van der Waals surface area contributed by atoms with Crippen molar-refractivity contribution >= 4 is 37.4 Å². The van der Waals surface area contributed by atoms with Crippen LogP contribution < -0.4 is 56.5 Å². The van der Waals surface area contributed by atoms with Crippen LogP contribution in [0.2, 0.25) is 0 Å². The average molecular weight is 471 g/mol. The van der Waals surface area contributed by atoms with Gasteiger partial charge in [0.2, 0.25) is 0 Å². The third kappa shape index (κ3) is 6.03. The molecule has 3 aromatic carbocycles. The van der Waals surface area contributed by atoms with E-state index in [0.717, 1.165) is 15.6 Å². The summed E-state index contributed by atoms with van der Waals surface area (Å²) in [4.78, 5) is -0.238. The van der Waals surface area contributed by atoms with Gasteiger partial charge in [-0.15, -0.1) is 0 Å². The molecule has 0 unspecified atom stereocenters. The van der Waals surface area contributed by atoms with Gasteiger partial charge in [0.25, 0.3) is 10.1 Å². The van der Waals surface area contributed by atoms with Crippen LogP contribution in [0.5, 0.6) is 5.75 Å². The molecule has 0 amide bonds. The normalized spacial score (nSPS) is 11.3. The number of benzene rings is 3. The third-order valence-electron chi connectivity index (χ3n) is 3.54. The van der Waals surface area contributed by atoms with Crippen LogP contribution in [0.15, 0.2) is 86.3 Å². The number of hydrogen-bond acceptors (Lipinski definition) is 5. The second-order valence-corrected chi connectivity index (χ2v) is 7.70. The summed E-state index contributed by atoms with van der Waals surface area (Å²) in [5, 5.41) is 19.9. The van der Waals surface area contributed by atoms with Crippen LogP contribution in [0.25, 0.3) is 11.1 Å². The number of hydrogen-bond donors (Lipinski definition) is 1. The average Bonchev–Trinajstić information content (AvgIpc) is 2.61. The first kappa shape index (κ1) is 22.4. The molecule has 0 aliphatic rings. The molecule has 1 N–H and O–H groups in total. The van der Waals surface area contributed by atoms with Crippen LogP contribution in [-0.2, 0) is 10.1 Å². The Bertz CT molecular complexity index is 1070. The van der Waals surface area contributed by atoms with E-state index < -0.39 is 10.1 Å². The van der Waals surface area contributed by atoms with Gasteiger partial charge in [0.15, 0.2) is 0 Å². The Hall–Kier alpha value is -0.914. The second-order valence-electron chi connectivity index (χ2n) is 5.36. The molecule has 0 saturated carbocycles. The Morgan fingerprint density at radius 1 is 0.852 bits per heavy atom. The quantitative estimate of drug-likeness (QED) is 0.357. The van der Waals surface area contributed by atoms with Gasteiger partial charge in [-0.25, -0.2) is 0 Å². The van der Waals surface area contributed by atoms with Crippen molar-refractivity contribution in [1.29, 1.82) is 0 Å². The van der Waals surface area contributed by atoms with E-state index in [1.807, 2.05) is 24.3 Å². The van der Waals surface area contributed by atoms with Crippen LogP contribution in [0.4, 0.5) is 11.4 Å². The molecule has 0 heterocycles. The number of azo groups is 1. The molecular formula is C18H12BrKN2O4S. The first-order valence-electron chi connectivity index (χ1n) is 7.39. The summed E-state index contributed by atoms with van der Waals surface area (Å²) in [6, 6.07) is 17.6. The summed E-state index contributed by atoms with van der Waals surface area (Å²) in [6.45, 7) is 0. The smallest absolute Gasteiger partial charge is 0.871 e. The molecule has 3 aromatic rings. The van der Waals surface area contributed by atoms with Crippen molar-refractivity contribution in [2.24, 2.45) is 10.2 Å². The maximum atomic E-state index is 12.0. The van der Waals surface area contributed by atoms with E-state index >= 15 is 0 Å². The molecule has 0 aliphatic heterocycles. The van der Waals surface area contributed by atoms with E-state index in [9.17, 15) is 13.5 Å². The molecule has 0 bridgehead atoms. The van der Waals surface area contributed by atoms with E-state index in [1.165, 1.54) is 30.3 Å². The summed E-state index contributed by atoms with van der Waals surface area (Å²) in [5.74, 6) is -0.274. The van der Waals surface area contributed by atoms with Crippen LogP contribution in [0.3, 0.4) is 0 Å². The molecule has 0 spiro atoms. The standard InChI is InChI=1S/C18H13BrN2O4S.K/c19-14-4-1-12(2-5-14)13-3-10-18(22)17(11-13)21-20-15-6-8-16(9-7-15)26(23,24)25;/h1-11,22H,(H,23,24,25);/q;+1/p-1.